The number of likely N-dealkylation sites (tertiary alicyclic amines) is 1. The average Bonchev–Trinajstić information content (AvgIpc) is 3.05. The van der Waals surface area contributed by atoms with E-state index >= 15 is 0 Å². The van der Waals surface area contributed by atoms with Crippen LogP contribution in [0.3, 0.4) is 0 Å². The minimum absolute atomic E-state index is 0.0451. The third kappa shape index (κ3) is 2.78. The van der Waals surface area contributed by atoms with Crippen LogP contribution in [0.2, 0.25) is 0 Å². The molecule has 2 aliphatic rings. The van der Waals surface area contributed by atoms with Crippen molar-refractivity contribution in [2.45, 2.75) is 31.7 Å². The summed E-state index contributed by atoms with van der Waals surface area (Å²) in [5, 5.41) is 20.2. The van der Waals surface area contributed by atoms with Crippen molar-refractivity contribution in [2.24, 2.45) is 0 Å². The van der Waals surface area contributed by atoms with E-state index in [1.54, 1.807) is 6.07 Å². The number of carbonyl (C=O) groups is 1. The molecule has 1 amide bonds. The van der Waals surface area contributed by atoms with Crippen LogP contribution in [0.25, 0.3) is 0 Å². The first kappa shape index (κ1) is 15.2. The Bertz CT molecular complexity index is 747. The zero-order valence-corrected chi connectivity index (χ0v) is 13.6. The number of nitrogens with zero attached hydrogens (tertiary/aromatic N) is 2. The number of fused-ring (bicyclic) bond motifs is 1. The molecule has 6 heteroatoms. The first-order valence-corrected chi connectivity index (χ1v) is 8.57. The molecule has 0 aliphatic carbocycles. The zero-order chi connectivity index (χ0) is 16.5. The predicted molar refractivity (Wildman–Crippen MR) is 90.0 cm³/mol. The Kier molecular flexibility index (Phi) is 3.98. The number of phenols is 1. The molecule has 0 saturated carbocycles. The maximum Gasteiger partial charge on any atom is 0.274 e. The van der Waals surface area contributed by atoms with Crippen molar-refractivity contribution in [3.63, 3.8) is 0 Å². The van der Waals surface area contributed by atoms with E-state index in [4.69, 9.17) is 0 Å². The summed E-state index contributed by atoms with van der Waals surface area (Å²) < 4.78 is 0. The molecule has 4 rings (SSSR count). The second-order valence-electron chi connectivity index (χ2n) is 6.62. The highest BCUT2D eigenvalue weighted by molar-refractivity contribution is 5.94. The van der Waals surface area contributed by atoms with Gasteiger partial charge in [-0.05, 0) is 49.4 Å². The topological polar surface area (TPSA) is 81.2 Å². The van der Waals surface area contributed by atoms with Gasteiger partial charge in [-0.3, -0.25) is 9.89 Å². The Morgan fingerprint density at radius 3 is 2.92 bits per heavy atom. The van der Waals surface area contributed by atoms with Gasteiger partial charge in [-0.15, -0.1) is 0 Å². The number of aromatic amines is 1. The Morgan fingerprint density at radius 2 is 2.12 bits per heavy atom. The molecule has 0 unspecified atom stereocenters. The second kappa shape index (κ2) is 6.28. The van der Waals surface area contributed by atoms with Gasteiger partial charge < -0.3 is 15.3 Å². The fraction of sp³-hybridized carbons (Fsp3) is 0.444. The molecule has 3 heterocycles. The SMILES string of the molecule is O=C(c1n[nH]c2c1CCNC2)N1CCC(c2cccc(O)c2)CC1. The number of nitrogens with one attached hydrogen (secondary N) is 2. The second-order valence-corrected chi connectivity index (χ2v) is 6.62. The van der Waals surface area contributed by atoms with Crippen molar-refractivity contribution in [3.05, 3.63) is 46.8 Å². The lowest BCUT2D eigenvalue weighted by atomic mass is 9.89. The van der Waals surface area contributed by atoms with Crippen LogP contribution >= 0.6 is 0 Å². The first-order chi connectivity index (χ1) is 11.7. The van der Waals surface area contributed by atoms with E-state index < -0.39 is 0 Å². The number of aromatic hydroxyl groups is 1. The molecule has 0 atom stereocenters. The number of carbonyl (C=O) groups excluding carboxylic acids is 1. The minimum atomic E-state index is 0.0451. The van der Waals surface area contributed by atoms with Crippen molar-refractivity contribution in [1.29, 1.82) is 0 Å². The Labute approximate surface area is 140 Å². The molecule has 1 aromatic carbocycles. The Hall–Kier alpha value is -2.34. The quantitative estimate of drug-likeness (QED) is 0.786. The predicted octanol–water partition coefficient (Wildman–Crippen LogP) is 1.78. The van der Waals surface area contributed by atoms with Gasteiger partial charge in [0.15, 0.2) is 5.69 Å². The highest BCUT2D eigenvalue weighted by Gasteiger charge is 2.29. The van der Waals surface area contributed by atoms with E-state index in [9.17, 15) is 9.90 Å². The van der Waals surface area contributed by atoms with Crippen LogP contribution in [0, 0.1) is 0 Å². The third-order valence-electron chi connectivity index (χ3n) is 5.13. The number of H-pyrrole nitrogens is 1. The van der Waals surface area contributed by atoms with Crippen molar-refractivity contribution in [1.82, 2.24) is 20.4 Å². The zero-order valence-electron chi connectivity index (χ0n) is 13.6. The summed E-state index contributed by atoms with van der Waals surface area (Å²) >= 11 is 0. The van der Waals surface area contributed by atoms with Crippen LogP contribution in [-0.2, 0) is 13.0 Å². The van der Waals surface area contributed by atoms with Crippen LogP contribution in [0.4, 0.5) is 0 Å². The van der Waals surface area contributed by atoms with Crippen molar-refractivity contribution in [2.75, 3.05) is 19.6 Å². The van der Waals surface area contributed by atoms with Crippen molar-refractivity contribution >= 4 is 5.91 Å². The smallest absolute Gasteiger partial charge is 0.274 e. The van der Waals surface area contributed by atoms with E-state index in [-0.39, 0.29) is 5.91 Å². The number of piperidine rings is 1. The molecule has 2 aromatic rings. The molecule has 1 fully saturated rings. The molecule has 126 valence electrons. The summed E-state index contributed by atoms with van der Waals surface area (Å²) in [5.74, 6) is 0.755. The summed E-state index contributed by atoms with van der Waals surface area (Å²) in [6.07, 6.45) is 2.69. The minimum Gasteiger partial charge on any atom is -0.508 e. The van der Waals surface area contributed by atoms with Gasteiger partial charge >= 0.3 is 0 Å². The lowest BCUT2D eigenvalue weighted by Gasteiger charge is -2.32. The lowest BCUT2D eigenvalue weighted by Crippen LogP contribution is -2.38. The molecule has 1 aromatic heterocycles. The average molecular weight is 326 g/mol. The molecule has 0 radical (unpaired) electrons. The van der Waals surface area contributed by atoms with E-state index in [1.807, 2.05) is 17.0 Å². The lowest BCUT2D eigenvalue weighted by molar-refractivity contribution is 0.0705. The Balaban J connectivity index is 1.44. The van der Waals surface area contributed by atoms with Gasteiger partial charge in [0.25, 0.3) is 5.91 Å². The summed E-state index contributed by atoms with van der Waals surface area (Å²) in [6.45, 7) is 3.12. The molecule has 6 nitrogen and oxygen atoms in total. The fourth-order valence-electron chi connectivity index (χ4n) is 3.76. The van der Waals surface area contributed by atoms with Gasteiger partial charge in [0.05, 0.1) is 5.69 Å². The summed E-state index contributed by atoms with van der Waals surface area (Å²) in [5.41, 5.74) is 3.88. The number of rotatable bonds is 2. The molecule has 0 spiro atoms. The highest BCUT2D eigenvalue weighted by atomic mass is 16.3. The summed E-state index contributed by atoms with van der Waals surface area (Å²) in [4.78, 5) is 14.7. The number of hydrogen-bond donors (Lipinski definition) is 3. The maximum absolute atomic E-state index is 12.8. The van der Waals surface area contributed by atoms with Gasteiger partial charge in [0.1, 0.15) is 5.75 Å². The molecule has 3 N–H and O–H groups in total. The van der Waals surface area contributed by atoms with Crippen LogP contribution < -0.4 is 5.32 Å². The monoisotopic (exact) mass is 326 g/mol. The Morgan fingerprint density at radius 1 is 1.29 bits per heavy atom. The van der Waals surface area contributed by atoms with Gasteiger partial charge in [0, 0.05) is 25.2 Å². The molecule has 1 saturated heterocycles. The molecule has 2 aliphatic heterocycles. The van der Waals surface area contributed by atoms with E-state index in [2.05, 4.69) is 21.6 Å². The van der Waals surface area contributed by atoms with Crippen LogP contribution in [-0.4, -0.2) is 45.7 Å². The van der Waals surface area contributed by atoms with E-state index in [0.29, 0.717) is 17.4 Å². The van der Waals surface area contributed by atoms with Crippen LogP contribution in [0.15, 0.2) is 24.3 Å². The standard InChI is InChI=1S/C18H22N4O2/c23-14-3-1-2-13(10-14)12-5-8-22(9-6-12)18(24)17-15-4-7-19-11-16(15)20-21-17/h1-3,10,12,19,23H,4-9,11H2,(H,20,21). The first-order valence-electron chi connectivity index (χ1n) is 8.57. The van der Waals surface area contributed by atoms with Gasteiger partial charge in [-0.2, -0.15) is 5.10 Å². The maximum atomic E-state index is 12.8. The van der Waals surface area contributed by atoms with Crippen molar-refractivity contribution in [3.8, 4) is 5.75 Å². The fourth-order valence-corrected chi connectivity index (χ4v) is 3.76. The molecule has 0 bridgehead atoms. The van der Waals surface area contributed by atoms with Crippen molar-refractivity contribution < 1.29 is 9.90 Å². The largest absolute Gasteiger partial charge is 0.508 e. The van der Waals surface area contributed by atoms with E-state index in [1.165, 1.54) is 0 Å². The van der Waals surface area contributed by atoms with Crippen LogP contribution in [0.5, 0.6) is 5.75 Å². The number of phenolic OH excluding ortho intramolecular Hbond substituents is 1. The van der Waals surface area contributed by atoms with Gasteiger partial charge in [-0.1, -0.05) is 12.1 Å². The summed E-state index contributed by atoms with van der Waals surface area (Å²) in [7, 11) is 0. The number of hydrogen-bond acceptors (Lipinski definition) is 4. The third-order valence-corrected chi connectivity index (χ3v) is 5.13. The summed E-state index contributed by atoms with van der Waals surface area (Å²) in [6, 6.07) is 7.46. The number of aromatic nitrogens is 2. The number of amides is 1. The van der Waals surface area contributed by atoms with Crippen LogP contribution in [0.1, 0.15) is 46.1 Å². The van der Waals surface area contributed by atoms with E-state index in [0.717, 1.165) is 62.3 Å². The van der Waals surface area contributed by atoms with Gasteiger partial charge in [0.2, 0.25) is 0 Å². The molecular formula is C18H22N4O2. The van der Waals surface area contributed by atoms with Gasteiger partial charge in [-0.25, -0.2) is 0 Å². The normalized spacial score (nSPS) is 18.4. The number of benzene rings is 1. The highest BCUT2D eigenvalue weighted by Crippen LogP contribution is 2.30. The molecular weight excluding hydrogens is 304 g/mol. The molecule has 24 heavy (non-hydrogen) atoms.